The summed E-state index contributed by atoms with van der Waals surface area (Å²) in [4.78, 5) is 11.8. The molecule has 1 aliphatic rings. The van der Waals surface area contributed by atoms with Gasteiger partial charge in [0.15, 0.2) is 0 Å². The largest absolute Gasteiger partial charge is 0.389 e. The summed E-state index contributed by atoms with van der Waals surface area (Å²) >= 11 is 0. The Hall–Kier alpha value is -0.440. The second-order valence-electron chi connectivity index (χ2n) is 5.80. The molecule has 0 unspecified atom stereocenters. The van der Waals surface area contributed by atoms with Gasteiger partial charge in [-0.25, -0.2) is 0 Å². The maximum Gasteiger partial charge on any atom is 0.220 e. The number of rotatable bonds is 7. The topological polar surface area (TPSA) is 136 Å². The van der Waals surface area contributed by atoms with E-state index in [0.29, 0.717) is 6.42 Å². The van der Waals surface area contributed by atoms with Gasteiger partial charge in [0.2, 0.25) is 5.91 Å². The van der Waals surface area contributed by atoms with Crippen LogP contribution in [0.25, 0.3) is 0 Å². The van der Waals surface area contributed by atoms with E-state index in [0.717, 1.165) is 32.1 Å². The quantitative estimate of drug-likeness (QED) is 0.330. The number of hydrogen-bond donors (Lipinski definition) is 6. The van der Waals surface area contributed by atoms with E-state index >= 15 is 0 Å². The molecule has 8 heteroatoms. The van der Waals surface area contributed by atoms with Crippen molar-refractivity contribution >= 4 is 18.3 Å². The van der Waals surface area contributed by atoms with Gasteiger partial charge >= 0.3 is 0 Å². The van der Waals surface area contributed by atoms with Gasteiger partial charge in [-0.2, -0.15) is 0 Å². The van der Waals surface area contributed by atoms with Gasteiger partial charge in [0.25, 0.3) is 0 Å². The lowest BCUT2D eigenvalue weighted by Crippen LogP contribution is -2.70. The van der Waals surface area contributed by atoms with Crippen molar-refractivity contribution in [2.75, 3.05) is 0 Å². The van der Waals surface area contributed by atoms with E-state index in [1.54, 1.807) is 0 Å². The van der Waals surface area contributed by atoms with E-state index in [4.69, 9.17) is 5.73 Å². The second-order valence-corrected chi connectivity index (χ2v) is 5.80. The summed E-state index contributed by atoms with van der Waals surface area (Å²) in [5.41, 5.74) is 5.71. The number of amides is 1. The Kier molecular flexibility index (Phi) is 10.1. The summed E-state index contributed by atoms with van der Waals surface area (Å²) in [6.45, 7) is 2.11. The predicted molar refractivity (Wildman–Crippen MR) is 84.6 cm³/mol. The number of hydrogen-bond acceptors (Lipinski definition) is 6. The molecule has 0 saturated heterocycles. The van der Waals surface area contributed by atoms with Gasteiger partial charge < -0.3 is 31.5 Å². The molecule has 132 valence electrons. The molecule has 1 saturated carbocycles. The third kappa shape index (κ3) is 5.64. The first-order chi connectivity index (χ1) is 9.90. The Balaban J connectivity index is 0.00000441. The molecular formula is C14H29ClN2O5. The number of halogens is 1. The normalized spacial score (nSPS) is 34.8. The molecule has 0 aromatic carbocycles. The van der Waals surface area contributed by atoms with Gasteiger partial charge in [0.1, 0.15) is 18.3 Å². The second kappa shape index (κ2) is 10.4. The minimum atomic E-state index is -1.53. The van der Waals surface area contributed by atoms with Crippen LogP contribution < -0.4 is 11.1 Å². The van der Waals surface area contributed by atoms with Crippen molar-refractivity contribution in [3.8, 4) is 0 Å². The minimum Gasteiger partial charge on any atom is -0.389 e. The van der Waals surface area contributed by atoms with Crippen LogP contribution >= 0.6 is 12.4 Å². The van der Waals surface area contributed by atoms with Gasteiger partial charge in [0.05, 0.1) is 18.2 Å². The van der Waals surface area contributed by atoms with Gasteiger partial charge in [-0.1, -0.05) is 32.6 Å². The SMILES string of the molecule is CCCCCCCC(=O)N[C@H]1[C@H](N)[C@H](O)[C@@H](O)[C@H](O)[C@H]1O.Cl. The monoisotopic (exact) mass is 340 g/mol. The molecule has 0 spiro atoms. The van der Waals surface area contributed by atoms with Crippen molar-refractivity contribution in [1.82, 2.24) is 5.32 Å². The molecule has 7 nitrogen and oxygen atoms in total. The van der Waals surface area contributed by atoms with Crippen LogP contribution in [0.5, 0.6) is 0 Å². The van der Waals surface area contributed by atoms with Gasteiger partial charge in [-0.15, -0.1) is 12.4 Å². The number of carbonyl (C=O) groups excluding carboxylic acids is 1. The lowest BCUT2D eigenvalue weighted by molar-refractivity contribution is -0.157. The predicted octanol–water partition coefficient (Wildman–Crippen LogP) is -0.962. The third-order valence-electron chi connectivity index (χ3n) is 4.06. The molecule has 0 aromatic rings. The number of aliphatic hydroxyl groups is 4. The van der Waals surface area contributed by atoms with Crippen molar-refractivity contribution in [1.29, 1.82) is 0 Å². The highest BCUT2D eigenvalue weighted by Gasteiger charge is 2.47. The molecule has 22 heavy (non-hydrogen) atoms. The standard InChI is InChI=1S/C14H28N2O5.ClH/c1-2-3-4-5-6-7-8(17)16-10-9(15)11(18)13(20)14(21)12(10)19;/h9-14,18-21H,2-7,15H2,1H3,(H,16,17);1H/t9-,10-,11-,12-,13+,14+;/m0./s1. The first kappa shape index (κ1) is 21.6. The summed E-state index contributed by atoms with van der Waals surface area (Å²) in [6, 6.07) is -2.00. The van der Waals surface area contributed by atoms with Crippen LogP contribution in [0.3, 0.4) is 0 Å². The molecular weight excluding hydrogens is 312 g/mol. The highest BCUT2D eigenvalue weighted by molar-refractivity contribution is 5.85. The van der Waals surface area contributed by atoms with Crippen molar-refractivity contribution < 1.29 is 25.2 Å². The Morgan fingerprint density at radius 2 is 1.50 bits per heavy atom. The molecule has 7 N–H and O–H groups in total. The summed E-state index contributed by atoms with van der Waals surface area (Å²) in [7, 11) is 0. The Labute approximate surface area is 137 Å². The van der Waals surface area contributed by atoms with E-state index in [-0.39, 0.29) is 18.3 Å². The molecule has 0 radical (unpaired) electrons. The fourth-order valence-corrected chi connectivity index (χ4v) is 2.61. The number of carbonyl (C=O) groups is 1. The molecule has 0 aliphatic heterocycles. The maximum atomic E-state index is 11.8. The number of aliphatic hydroxyl groups excluding tert-OH is 4. The van der Waals surface area contributed by atoms with Gasteiger partial charge in [0, 0.05) is 6.42 Å². The average Bonchev–Trinajstić information content (AvgIpc) is 2.47. The summed E-state index contributed by atoms with van der Waals surface area (Å²) in [5.74, 6) is -0.276. The minimum absolute atomic E-state index is 0. The molecule has 0 heterocycles. The number of nitrogens with two attached hydrogens (primary N) is 1. The Morgan fingerprint density at radius 1 is 0.955 bits per heavy atom. The molecule has 1 fully saturated rings. The van der Waals surface area contributed by atoms with E-state index in [1.165, 1.54) is 0 Å². The van der Waals surface area contributed by atoms with Crippen molar-refractivity contribution in [3.63, 3.8) is 0 Å². The smallest absolute Gasteiger partial charge is 0.220 e. The molecule has 1 rings (SSSR count). The summed E-state index contributed by atoms with van der Waals surface area (Å²) < 4.78 is 0. The van der Waals surface area contributed by atoms with Crippen LogP contribution in [0.4, 0.5) is 0 Å². The fourth-order valence-electron chi connectivity index (χ4n) is 2.61. The Morgan fingerprint density at radius 3 is 2.09 bits per heavy atom. The van der Waals surface area contributed by atoms with Crippen LogP contribution in [0.1, 0.15) is 45.4 Å². The van der Waals surface area contributed by atoms with Crippen LogP contribution in [0.2, 0.25) is 0 Å². The van der Waals surface area contributed by atoms with Crippen molar-refractivity contribution in [3.05, 3.63) is 0 Å². The number of unbranched alkanes of at least 4 members (excludes halogenated alkanes) is 4. The molecule has 1 aliphatic carbocycles. The summed E-state index contributed by atoms with van der Waals surface area (Å²) in [5, 5.41) is 41.2. The van der Waals surface area contributed by atoms with Crippen LogP contribution in [0, 0.1) is 0 Å². The van der Waals surface area contributed by atoms with Crippen molar-refractivity contribution in [2.24, 2.45) is 5.73 Å². The first-order valence-electron chi connectivity index (χ1n) is 7.67. The maximum absolute atomic E-state index is 11.8. The zero-order valence-corrected chi connectivity index (χ0v) is 13.7. The molecule has 0 aromatic heterocycles. The van der Waals surface area contributed by atoms with E-state index in [9.17, 15) is 25.2 Å². The highest BCUT2D eigenvalue weighted by Crippen LogP contribution is 2.20. The van der Waals surface area contributed by atoms with Crippen LogP contribution in [-0.2, 0) is 4.79 Å². The van der Waals surface area contributed by atoms with Crippen LogP contribution in [0.15, 0.2) is 0 Å². The van der Waals surface area contributed by atoms with Crippen LogP contribution in [-0.4, -0.2) is 62.8 Å². The van der Waals surface area contributed by atoms with Crippen molar-refractivity contribution in [2.45, 2.75) is 81.9 Å². The van der Waals surface area contributed by atoms with E-state index < -0.39 is 36.5 Å². The zero-order valence-electron chi connectivity index (χ0n) is 12.9. The van der Waals surface area contributed by atoms with Gasteiger partial charge in [-0.3, -0.25) is 4.79 Å². The third-order valence-corrected chi connectivity index (χ3v) is 4.06. The average molecular weight is 341 g/mol. The molecule has 1 amide bonds. The zero-order chi connectivity index (χ0) is 16.0. The molecule has 6 atom stereocenters. The van der Waals surface area contributed by atoms with E-state index in [2.05, 4.69) is 12.2 Å². The number of nitrogens with one attached hydrogen (secondary N) is 1. The lowest BCUT2D eigenvalue weighted by Gasteiger charge is -2.42. The van der Waals surface area contributed by atoms with E-state index in [1.807, 2.05) is 0 Å². The van der Waals surface area contributed by atoms with Gasteiger partial charge in [-0.05, 0) is 6.42 Å². The Bertz CT molecular complexity index is 318. The first-order valence-corrected chi connectivity index (χ1v) is 7.67. The highest BCUT2D eigenvalue weighted by atomic mass is 35.5. The lowest BCUT2D eigenvalue weighted by atomic mass is 9.82. The summed E-state index contributed by atoms with van der Waals surface area (Å²) in [6.07, 6.45) is -0.458. The fraction of sp³-hybridized carbons (Fsp3) is 0.929. The molecule has 0 bridgehead atoms.